The number of nitrogens with zero attached hydrogens (tertiary/aromatic N) is 1. The molecule has 0 bridgehead atoms. The van der Waals surface area contributed by atoms with Crippen LogP contribution in [-0.2, 0) is 0 Å². The van der Waals surface area contributed by atoms with Gasteiger partial charge in [-0.15, -0.1) is 0 Å². The summed E-state index contributed by atoms with van der Waals surface area (Å²) in [6.45, 7) is 4.33. The number of rotatable bonds is 3. The van der Waals surface area contributed by atoms with E-state index in [0.717, 1.165) is 10.2 Å². The lowest BCUT2D eigenvalue weighted by atomic mass is 9.94. The van der Waals surface area contributed by atoms with Crippen LogP contribution in [0.4, 0.5) is 0 Å². The zero-order valence-electron chi connectivity index (χ0n) is 10.4. The third kappa shape index (κ3) is 2.83. The highest BCUT2D eigenvalue weighted by atomic mass is 79.9. The van der Waals surface area contributed by atoms with Gasteiger partial charge < -0.3 is 0 Å². The lowest BCUT2D eigenvalue weighted by Gasteiger charge is -2.20. The summed E-state index contributed by atoms with van der Waals surface area (Å²) in [5.74, 6) is 0.333. The van der Waals surface area contributed by atoms with E-state index in [1.165, 1.54) is 11.1 Å². The van der Waals surface area contributed by atoms with Crippen molar-refractivity contribution in [3.63, 3.8) is 0 Å². The third-order valence-corrected chi connectivity index (χ3v) is 5.35. The molecule has 3 heteroatoms. The Morgan fingerprint density at radius 2 is 1.89 bits per heavy atom. The number of hydrogen-bond donors (Lipinski definition) is 0. The first-order valence-electron chi connectivity index (χ1n) is 5.91. The summed E-state index contributed by atoms with van der Waals surface area (Å²) >= 11 is 7.40. The van der Waals surface area contributed by atoms with Crippen LogP contribution >= 0.6 is 31.9 Å². The minimum absolute atomic E-state index is 0.268. The molecule has 2 atom stereocenters. The second-order valence-corrected chi connectivity index (χ2v) is 6.24. The van der Waals surface area contributed by atoms with Crippen LogP contribution in [0.3, 0.4) is 0 Å². The molecule has 94 valence electrons. The number of aromatic nitrogens is 1. The zero-order valence-corrected chi connectivity index (χ0v) is 13.6. The largest absolute Gasteiger partial charge is 0.261 e. The van der Waals surface area contributed by atoms with Crippen molar-refractivity contribution in [1.29, 1.82) is 0 Å². The molecule has 1 heterocycles. The minimum Gasteiger partial charge on any atom is -0.261 e. The maximum absolute atomic E-state index is 4.44. The summed E-state index contributed by atoms with van der Waals surface area (Å²) in [5.41, 5.74) is 3.70. The van der Waals surface area contributed by atoms with E-state index in [-0.39, 0.29) is 4.83 Å². The SMILES string of the molecule is Cc1c(Br)cccc1C(Br)C(C)c1ccccn1. The highest BCUT2D eigenvalue weighted by Gasteiger charge is 2.20. The van der Waals surface area contributed by atoms with Gasteiger partial charge in [0.05, 0.1) is 0 Å². The molecule has 0 N–H and O–H groups in total. The van der Waals surface area contributed by atoms with Gasteiger partial charge in [0, 0.05) is 27.1 Å². The van der Waals surface area contributed by atoms with E-state index in [9.17, 15) is 0 Å². The highest BCUT2D eigenvalue weighted by Crippen LogP contribution is 2.39. The van der Waals surface area contributed by atoms with Crippen LogP contribution in [-0.4, -0.2) is 4.98 Å². The van der Waals surface area contributed by atoms with Gasteiger partial charge in [0.1, 0.15) is 0 Å². The Hall–Kier alpha value is -0.670. The van der Waals surface area contributed by atoms with E-state index in [0.29, 0.717) is 5.92 Å². The molecule has 1 aromatic carbocycles. The van der Waals surface area contributed by atoms with E-state index < -0.39 is 0 Å². The van der Waals surface area contributed by atoms with Gasteiger partial charge >= 0.3 is 0 Å². The maximum atomic E-state index is 4.44. The fourth-order valence-electron chi connectivity index (χ4n) is 1.99. The summed E-state index contributed by atoms with van der Waals surface area (Å²) in [6, 6.07) is 12.4. The van der Waals surface area contributed by atoms with Crippen molar-refractivity contribution >= 4 is 31.9 Å². The summed E-state index contributed by atoms with van der Waals surface area (Å²) in [6.07, 6.45) is 1.85. The van der Waals surface area contributed by atoms with Crippen LogP contribution < -0.4 is 0 Å². The van der Waals surface area contributed by atoms with Crippen LogP contribution in [0.1, 0.15) is 34.5 Å². The van der Waals surface area contributed by atoms with E-state index >= 15 is 0 Å². The van der Waals surface area contributed by atoms with E-state index in [1.807, 2.05) is 18.3 Å². The average Bonchev–Trinajstić information content (AvgIpc) is 2.41. The lowest BCUT2D eigenvalue weighted by molar-refractivity contribution is 0.721. The fraction of sp³-hybridized carbons (Fsp3) is 0.267. The van der Waals surface area contributed by atoms with E-state index in [4.69, 9.17) is 0 Å². The van der Waals surface area contributed by atoms with E-state index in [2.05, 4.69) is 75.0 Å². The molecule has 0 saturated carbocycles. The first-order valence-corrected chi connectivity index (χ1v) is 7.62. The van der Waals surface area contributed by atoms with Crippen LogP contribution in [0.15, 0.2) is 47.1 Å². The fourth-order valence-corrected chi connectivity index (χ4v) is 3.14. The second-order valence-electron chi connectivity index (χ2n) is 4.40. The van der Waals surface area contributed by atoms with Crippen LogP contribution in [0.2, 0.25) is 0 Å². The Morgan fingerprint density at radius 3 is 2.56 bits per heavy atom. The van der Waals surface area contributed by atoms with Crippen molar-refractivity contribution in [2.24, 2.45) is 0 Å². The molecule has 2 rings (SSSR count). The molecule has 18 heavy (non-hydrogen) atoms. The standard InChI is InChI=1S/C15H15Br2N/c1-10-12(6-5-7-13(10)16)15(17)11(2)14-8-3-4-9-18-14/h3-9,11,15H,1-2H3. The molecule has 0 aliphatic carbocycles. The number of hydrogen-bond acceptors (Lipinski definition) is 1. The molecule has 0 fully saturated rings. The molecule has 2 aromatic rings. The lowest BCUT2D eigenvalue weighted by Crippen LogP contribution is -2.05. The van der Waals surface area contributed by atoms with Gasteiger partial charge in [0.2, 0.25) is 0 Å². The van der Waals surface area contributed by atoms with E-state index in [1.54, 1.807) is 0 Å². The maximum Gasteiger partial charge on any atom is 0.0479 e. The number of benzene rings is 1. The molecule has 0 spiro atoms. The molecular formula is C15H15Br2N. The van der Waals surface area contributed by atoms with Crippen molar-refractivity contribution in [3.8, 4) is 0 Å². The molecule has 0 saturated heterocycles. The quantitative estimate of drug-likeness (QED) is 0.661. The molecule has 1 aromatic heterocycles. The Morgan fingerprint density at radius 1 is 1.11 bits per heavy atom. The summed E-state index contributed by atoms with van der Waals surface area (Å²) in [4.78, 5) is 4.70. The van der Waals surface area contributed by atoms with Gasteiger partial charge in [-0.1, -0.05) is 57.0 Å². The number of halogens is 2. The van der Waals surface area contributed by atoms with Crippen molar-refractivity contribution < 1.29 is 0 Å². The molecule has 0 radical (unpaired) electrons. The number of alkyl halides is 1. The normalized spacial score (nSPS) is 14.2. The van der Waals surface area contributed by atoms with Crippen LogP contribution in [0, 0.1) is 6.92 Å². The molecule has 0 aliphatic heterocycles. The summed E-state index contributed by atoms with van der Waals surface area (Å²) in [7, 11) is 0. The molecule has 0 aliphatic rings. The Labute approximate surface area is 125 Å². The summed E-state index contributed by atoms with van der Waals surface area (Å²) < 4.78 is 1.15. The Balaban J connectivity index is 2.31. The van der Waals surface area contributed by atoms with Crippen LogP contribution in [0.25, 0.3) is 0 Å². The topological polar surface area (TPSA) is 12.9 Å². The average molecular weight is 369 g/mol. The molecule has 2 unspecified atom stereocenters. The van der Waals surface area contributed by atoms with Crippen molar-refractivity contribution in [3.05, 3.63) is 63.9 Å². The van der Waals surface area contributed by atoms with Gasteiger partial charge in [-0.3, -0.25) is 4.98 Å². The zero-order chi connectivity index (χ0) is 13.1. The molecular weight excluding hydrogens is 354 g/mol. The monoisotopic (exact) mass is 367 g/mol. The highest BCUT2D eigenvalue weighted by molar-refractivity contribution is 9.10. The molecule has 0 amide bonds. The number of pyridine rings is 1. The van der Waals surface area contributed by atoms with Crippen molar-refractivity contribution in [1.82, 2.24) is 4.98 Å². The Kier molecular flexibility index (Phi) is 4.57. The van der Waals surface area contributed by atoms with Gasteiger partial charge in [-0.05, 0) is 36.2 Å². The minimum atomic E-state index is 0.268. The predicted molar refractivity (Wildman–Crippen MR) is 83.2 cm³/mol. The van der Waals surface area contributed by atoms with Crippen LogP contribution in [0.5, 0.6) is 0 Å². The summed E-state index contributed by atoms with van der Waals surface area (Å²) in [5, 5.41) is 0. The Bertz CT molecular complexity index is 525. The first-order chi connectivity index (χ1) is 8.61. The third-order valence-electron chi connectivity index (χ3n) is 3.20. The second kappa shape index (κ2) is 5.98. The van der Waals surface area contributed by atoms with Gasteiger partial charge in [-0.25, -0.2) is 0 Å². The van der Waals surface area contributed by atoms with Gasteiger partial charge in [0.15, 0.2) is 0 Å². The smallest absolute Gasteiger partial charge is 0.0479 e. The van der Waals surface area contributed by atoms with Gasteiger partial charge in [0.25, 0.3) is 0 Å². The van der Waals surface area contributed by atoms with Crippen molar-refractivity contribution in [2.45, 2.75) is 24.6 Å². The molecule has 1 nitrogen and oxygen atoms in total. The van der Waals surface area contributed by atoms with Gasteiger partial charge in [-0.2, -0.15) is 0 Å². The predicted octanol–water partition coefficient (Wildman–Crippen LogP) is 5.39. The first kappa shape index (κ1) is 13.8. The van der Waals surface area contributed by atoms with Crippen molar-refractivity contribution in [2.75, 3.05) is 0 Å².